The molecule has 1 saturated carbocycles. The van der Waals surface area contributed by atoms with E-state index in [1.54, 1.807) is 26.0 Å². The predicted molar refractivity (Wildman–Crippen MR) is 131 cm³/mol. The standard InChI is InChI=1S/C25H33N3O3.ClH/c1-17(29)28(3)23-12-7-18(8-13-23)20-9-14-24(31-4)21(15-20)16-27-25(30)19-5-10-22(26-2)11-6-19;/h7-9,12-15,19,22,26H,5-6,10-11,16H2,1-4H3,(H,27,30);1H. The summed E-state index contributed by atoms with van der Waals surface area (Å²) in [5, 5.41) is 6.41. The molecule has 0 unspecified atom stereocenters. The number of carbonyl (C=O) groups is 2. The van der Waals surface area contributed by atoms with Crippen LogP contribution in [0.4, 0.5) is 5.69 Å². The molecule has 0 bridgehead atoms. The largest absolute Gasteiger partial charge is 0.496 e. The molecule has 1 fully saturated rings. The number of nitrogens with zero attached hydrogens (tertiary/aromatic N) is 1. The molecular formula is C25H34ClN3O3. The Morgan fingerprint density at radius 1 is 1.03 bits per heavy atom. The van der Waals surface area contributed by atoms with Gasteiger partial charge in [-0.25, -0.2) is 0 Å². The maximum absolute atomic E-state index is 12.7. The molecule has 0 heterocycles. The van der Waals surface area contributed by atoms with E-state index >= 15 is 0 Å². The Morgan fingerprint density at radius 2 is 1.66 bits per heavy atom. The molecule has 0 aromatic heterocycles. The van der Waals surface area contributed by atoms with E-state index in [9.17, 15) is 9.59 Å². The van der Waals surface area contributed by atoms with Gasteiger partial charge in [-0.3, -0.25) is 9.59 Å². The summed E-state index contributed by atoms with van der Waals surface area (Å²) in [5.41, 5.74) is 3.88. The second-order valence-electron chi connectivity index (χ2n) is 8.21. The van der Waals surface area contributed by atoms with Crippen LogP contribution in [0.1, 0.15) is 38.2 Å². The maximum Gasteiger partial charge on any atom is 0.223 e. The number of rotatable bonds is 7. The summed E-state index contributed by atoms with van der Waals surface area (Å²) in [6, 6.07) is 14.4. The number of benzene rings is 2. The predicted octanol–water partition coefficient (Wildman–Crippen LogP) is 4.16. The van der Waals surface area contributed by atoms with Crippen molar-refractivity contribution in [2.75, 3.05) is 26.1 Å². The first-order valence-electron chi connectivity index (χ1n) is 10.9. The minimum Gasteiger partial charge on any atom is -0.496 e. The Labute approximate surface area is 197 Å². The first kappa shape index (κ1) is 25.7. The second kappa shape index (κ2) is 11.9. The number of methoxy groups -OCH3 is 1. The molecule has 2 N–H and O–H groups in total. The number of amides is 2. The first-order valence-corrected chi connectivity index (χ1v) is 10.9. The number of carbonyl (C=O) groups excluding carboxylic acids is 2. The van der Waals surface area contributed by atoms with Gasteiger partial charge in [-0.15, -0.1) is 12.4 Å². The Balaban J connectivity index is 0.00000363. The van der Waals surface area contributed by atoms with E-state index in [4.69, 9.17) is 4.74 Å². The van der Waals surface area contributed by atoms with Crippen LogP contribution in [0.5, 0.6) is 5.75 Å². The van der Waals surface area contributed by atoms with Crippen molar-refractivity contribution in [2.24, 2.45) is 5.92 Å². The highest BCUT2D eigenvalue weighted by molar-refractivity contribution is 5.91. The molecule has 32 heavy (non-hydrogen) atoms. The van der Waals surface area contributed by atoms with Crippen molar-refractivity contribution >= 4 is 29.9 Å². The zero-order valence-corrected chi connectivity index (χ0v) is 20.1. The van der Waals surface area contributed by atoms with E-state index in [0.29, 0.717) is 12.6 Å². The lowest BCUT2D eigenvalue weighted by Gasteiger charge is -2.27. The summed E-state index contributed by atoms with van der Waals surface area (Å²) in [6.07, 6.45) is 3.94. The van der Waals surface area contributed by atoms with Gasteiger partial charge in [-0.2, -0.15) is 0 Å². The highest BCUT2D eigenvalue weighted by Crippen LogP contribution is 2.29. The molecule has 0 saturated heterocycles. The highest BCUT2D eigenvalue weighted by atomic mass is 35.5. The van der Waals surface area contributed by atoms with Gasteiger partial charge in [0.15, 0.2) is 0 Å². The van der Waals surface area contributed by atoms with Crippen LogP contribution in [0.3, 0.4) is 0 Å². The molecule has 2 amide bonds. The molecule has 0 spiro atoms. The van der Waals surface area contributed by atoms with Crippen LogP contribution in [0, 0.1) is 5.92 Å². The van der Waals surface area contributed by atoms with Gasteiger partial charge in [-0.05, 0) is 68.1 Å². The zero-order valence-electron chi connectivity index (χ0n) is 19.3. The number of nitrogens with one attached hydrogen (secondary N) is 2. The molecule has 174 valence electrons. The van der Waals surface area contributed by atoms with Gasteiger partial charge in [0.25, 0.3) is 0 Å². The normalized spacial score (nSPS) is 17.8. The van der Waals surface area contributed by atoms with Crippen molar-refractivity contribution in [2.45, 2.75) is 45.2 Å². The molecule has 2 aromatic carbocycles. The van der Waals surface area contributed by atoms with Crippen molar-refractivity contribution in [1.82, 2.24) is 10.6 Å². The summed E-state index contributed by atoms with van der Waals surface area (Å²) in [6.45, 7) is 1.98. The number of hydrogen-bond donors (Lipinski definition) is 2. The zero-order chi connectivity index (χ0) is 22.4. The minimum absolute atomic E-state index is 0. The molecule has 6 nitrogen and oxygen atoms in total. The fraction of sp³-hybridized carbons (Fsp3) is 0.440. The molecule has 0 radical (unpaired) electrons. The van der Waals surface area contributed by atoms with E-state index < -0.39 is 0 Å². The molecular weight excluding hydrogens is 426 g/mol. The lowest BCUT2D eigenvalue weighted by Crippen LogP contribution is -2.37. The van der Waals surface area contributed by atoms with Gasteiger partial charge >= 0.3 is 0 Å². The SMILES string of the molecule is CNC1CCC(C(=O)NCc2cc(-c3ccc(N(C)C(C)=O)cc3)ccc2OC)CC1.Cl. The molecule has 0 atom stereocenters. The third kappa shape index (κ3) is 6.24. The van der Waals surface area contributed by atoms with E-state index in [1.165, 1.54) is 0 Å². The van der Waals surface area contributed by atoms with Crippen molar-refractivity contribution < 1.29 is 14.3 Å². The number of anilines is 1. The van der Waals surface area contributed by atoms with Crippen LogP contribution in [0.25, 0.3) is 11.1 Å². The van der Waals surface area contributed by atoms with Crippen molar-refractivity contribution in [3.05, 3.63) is 48.0 Å². The summed E-state index contributed by atoms with van der Waals surface area (Å²) in [4.78, 5) is 25.8. The molecule has 2 aromatic rings. The summed E-state index contributed by atoms with van der Waals surface area (Å²) in [5.74, 6) is 0.966. The third-order valence-corrected chi connectivity index (χ3v) is 6.30. The Kier molecular flexibility index (Phi) is 9.54. The topological polar surface area (TPSA) is 70.7 Å². The van der Waals surface area contributed by atoms with E-state index in [1.807, 2.05) is 43.4 Å². The van der Waals surface area contributed by atoms with Crippen LogP contribution in [-0.2, 0) is 16.1 Å². The number of ether oxygens (including phenoxy) is 1. The van der Waals surface area contributed by atoms with Crippen LogP contribution in [0.2, 0.25) is 0 Å². The van der Waals surface area contributed by atoms with E-state index in [2.05, 4.69) is 16.7 Å². The Morgan fingerprint density at radius 3 is 2.22 bits per heavy atom. The average molecular weight is 460 g/mol. The summed E-state index contributed by atoms with van der Waals surface area (Å²) in [7, 11) is 5.39. The quantitative estimate of drug-likeness (QED) is 0.652. The Bertz CT molecular complexity index is 909. The highest BCUT2D eigenvalue weighted by Gasteiger charge is 2.25. The molecule has 0 aliphatic heterocycles. The van der Waals surface area contributed by atoms with Crippen molar-refractivity contribution in [3.8, 4) is 16.9 Å². The maximum atomic E-state index is 12.7. The molecule has 3 rings (SSSR count). The third-order valence-electron chi connectivity index (χ3n) is 6.30. The van der Waals surface area contributed by atoms with E-state index in [0.717, 1.165) is 53.8 Å². The van der Waals surface area contributed by atoms with Crippen molar-refractivity contribution in [3.63, 3.8) is 0 Å². The average Bonchev–Trinajstić information content (AvgIpc) is 2.81. The second-order valence-corrected chi connectivity index (χ2v) is 8.21. The fourth-order valence-corrected chi connectivity index (χ4v) is 4.13. The van der Waals surface area contributed by atoms with E-state index in [-0.39, 0.29) is 30.1 Å². The van der Waals surface area contributed by atoms with Gasteiger partial charge in [0.1, 0.15) is 5.75 Å². The van der Waals surface area contributed by atoms with Gasteiger partial charge < -0.3 is 20.3 Å². The molecule has 7 heteroatoms. The van der Waals surface area contributed by atoms with Crippen LogP contribution in [-0.4, -0.2) is 39.1 Å². The lowest BCUT2D eigenvalue weighted by atomic mass is 9.85. The van der Waals surface area contributed by atoms with Crippen LogP contribution >= 0.6 is 12.4 Å². The molecule has 1 aliphatic rings. The van der Waals surface area contributed by atoms with Gasteiger partial charge in [0, 0.05) is 43.7 Å². The summed E-state index contributed by atoms with van der Waals surface area (Å²) >= 11 is 0. The number of halogens is 1. The summed E-state index contributed by atoms with van der Waals surface area (Å²) < 4.78 is 5.52. The van der Waals surface area contributed by atoms with Crippen molar-refractivity contribution in [1.29, 1.82) is 0 Å². The van der Waals surface area contributed by atoms with Crippen LogP contribution < -0.4 is 20.3 Å². The number of hydrogen-bond acceptors (Lipinski definition) is 4. The minimum atomic E-state index is -0.00494. The monoisotopic (exact) mass is 459 g/mol. The Hall–Kier alpha value is -2.57. The van der Waals surface area contributed by atoms with Gasteiger partial charge in [0.05, 0.1) is 7.11 Å². The molecule has 1 aliphatic carbocycles. The smallest absolute Gasteiger partial charge is 0.223 e. The fourth-order valence-electron chi connectivity index (χ4n) is 4.13. The van der Waals surface area contributed by atoms with Crippen LogP contribution in [0.15, 0.2) is 42.5 Å². The van der Waals surface area contributed by atoms with Gasteiger partial charge in [-0.1, -0.05) is 18.2 Å². The lowest BCUT2D eigenvalue weighted by molar-refractivity contribution is -0.126. The first-order chi connectivity index (χ1) is 14.9. The van der Waals surface area contributed by atoms with Gasteiger partial charge in [0.2, 0.25) is 11.8 Å².